The van der Waals surface area contributed by atoms with Crippen molar-refractivity contribution >= 4 is 11.5 Å². The summed E-state index contributed by atoms with van der Waals surface area (Å²) in [4.78, 5) is 37.3. The van der Waals surface area contributed by atoms with E-state index < -0.39 is 23.1 Å². The van der Waals surface area contributed by atoms with Crippen LogP contribution in [0.3, 0.4) is 0 Å². The molecule has 0 saturated heterocycles. The van der Waals surface area contributed by atoms with E-state index in [2.05, 4.69) is 26.3 Å². The number of benzene rings is 1. The summed E-state index contributed by atoms with van der Waals surface area (Å²) in [6, 6.07) is 10.3. The Balaban J connectivity index is 1.27. The summed E-state index contributed by atoms with van der Waals surface area (Å²) in [6.07, 6.45) is 7.78. The molecule has 3 heterocycles. The number of nitrogens with zero attached hydrogens (tertiary/aromatic N) is 3. The number of halogens is 2. The van der Waals surface area contributed by atoms with E-state index in [1.165, 1.54) is 22.9 Å². The number of hydrogen-bond donors (Lipinski definition) is 2. The van der Waals surface area contributed by atoms with Gasteiger partial charge in [0.2, 0.25) is 0 Å². The van der Waals surface area contributed by atoms with Crippen molar-refractivity contribution in [2.75, 3.05) is 0 Å². The molecule has 0 atom stereocenters. The lowest BCUT2D eigenvalue weighted by atomic mass is 10.1. The lowest BCUT2D eigenvalue weighted by Crippen LogP contribution is -2.32. The van der Waals surface area contributed by atoms with E-state index in [4.69, 9.17) is 0 Å². The van der Waals surface area contributed by atoms with Gasteiger partial charge in [-0.15, -0.1) is 0 Å². The first-order valence-electron chi connectivity index (χ1n) is 10.6. The van der Waals surface area contributed by atoms with Gasteiger partial charge < -0.3 is 14.9 Å². The Morgan fingerprint density at radius 3 is 2.85 bits per heavy atom. The molecule has 0 unspecified atom stereocenters. The van der Waals surface area contributed by atoms with Crippen molar-refractivity contribution in [1.29, 1.82) is 0 Å². The average Bonchev–Trinajstić information content (AvgIpc) is 3.48. The van der Waals surface area contributed by atoms with Crippen molar-refractivity contribution in [3.63, 3.8) is 0 Å². The normalized spacial score (nSPS) is 12.4. The van der Waals surface area contributed by atoms with Crippen molar-refractivity contribution in [2.45, 2.75) is 19.5 Å². The molecule has 0 saturated carbocycles. The third-order valence-electron chi connectivity index (χ3n) is 5.62. The van der Waals surface area contributed by atoms with Crippen molar-refractivity contribution in [3.05, 3.63) is 123 Å². The number of pyridine rings is 2. The van der Waals surface area contributed by atoms with Gasteiger partial charge in [0, 0.05) is 30.0 Å². The number of rotatable bonds is 6. The molecule has 170 valence electrons. The zero-order valence-corrected chi connectivity index (χ0v) is 17.9. The fourth-order valence-corrected chi connectivity index (χ4v) is 3.93. The molecule has 5 rings (SSSR count). The zero-order chi connectivity index (χ0) is 23.7. The molecule has 3 aromatic heterocycles. The van der Waals surface area contributed by atoms with Crippen LogP contribution in [0, 0.1) is 11.6 Å². The second-order valence-electron chi connectivity index (χ2n) is 7.85. The van der Waals surface area contributed by atoms with Gasteiger partial charge in [0.25, 0.3) is 11.5 Å². The van der Waals surface area contributed by atoms with E-state index in [1.54, 1.807) is 18.5 Å². The number of H-pyrrole nitrogens is 1. The number of imidazole rings is 1. The lowest BCUT2D eigenvalue weighted by Gasteiger charge is -2.09. The van der Waals surface area contributed by atoms with Crippen LogP contribution in [0.4, 0.5) is 8.78 Å². The number of aromatic amines is 1. The highest BCUT2D eigenvalue weighted by Crippen LogP contribution is 2.30. The molecule has 4 aromatic rings. The minimum absolute atomic E-state index is 0.00411. The Morgan fingerprint density at radius 2 is 2.00 bits per heavy atom. The van der Waals surface area contributed by atoms with Gasteiger partial charge in [0.15, 0.2) is 11.6 Å². The second-order valence-corrected chi connectivity index (χ2v) is 7.85. The number of carbonyl (C=O) groups excluding carboxylic acids is 1. The smallest absolute Gasteiger partial charge is 0.263 e. The molecule has 1 amide bonds. The predicted molar refractivity (Wildman–Crippen MR) is 121 cm³/mol. The van der Waals surface area contributed by atoms with Gasteiger partial charge in [-0.25, -0.2) is 13.8 Å². The highest BCUT2D eigenvalue weighted by molar-refractivity contribution is 5.93. The van der Waals surface area contributed by atoms with E-state index in [1.807, 2.05) is 12.1 Å². The minimum Gasteiger partial charge on any atom is -0.345 e. The monoisotopic (exact) mass is 459 g/mol. The molecule has 0 fully saturated rings. The van der Waals surface area contributed by atoms with Crippen LogP contribution in [0.5, 0.6) is 0 Å². The molecule has 7 nitrogen and oxygen atoms in total. The molecule has 0 spiro atoms. The van der Waals surface area contributed by atoms with Crippen LogP contribution in [0.25, 0.3) is 5.57 Å². The number of allylic oxidation sites excluding steroid dienone is 1. The third-order valence-corrected chi connectivity index (χ3v) is 5.62. The molecule has 1 aromatic carbocycles. The quantitative estimate of drug-likeness (QED) is 0.463. The van der Waals surface area contributed by atoms with E-state index in [0.29, 0.717) is 11.4 Å². The maximum Gasteiger partial charge on any atom is 0.263 e. The van der Waals surface area contributed by atoms with Crippen LogP contribution < -0.4 is 10.9 Å². The van der Waals surface area contributed by atoms with Crippen LogP contribution in [0.15, 0.2) is 71.9 Å². The maximum absolute atomic E-state index is 13.5. The molecule has 9 heteroatoms. The summed E-state index contributed by atoms with van der Waals surface area (Å²) >= 11 is 0. The average molecular weight is 459 g/mol. The first-order valence-corrected chi connectivity index (χ1v) is 10.6. The van der Waals surface area contributed by atoms with Gasteiger partial charge in [-0.05, 0) is 35.9 Å². The number of aromatic nitrogens is 4. The van der Waals surface area contributed by atoms with Crippen LogP contribution in [0.2, 0.25) is 0 Å². The summed E-state index contributed by atoms with van der Waals surface area (Å²) in [5, 5.41) is 2.70. The first-order chi connectivity index (χ1) is 16.5. The molecular formula is C25H19F2N5O2. The Labute approximate surface area is 192 Å². The van der Waals surface area contributed by atoms with Gasteiger partial charge in [0.05, 0.1) is 30.7 Å². The molecule has 1 aliphatic rings. The lowest BCUT2D eigenvalue weighted by molar-refractivity contribution is 0.0948. The maximum atomic E-state index is 13.5. The Kier molecular flexibility index (Phi) is 5.59. The van der Waals surface area contributed by atoms with Gasteiger partial charge in [-0.1, -0.05) is 18.2 Å². The number of amides is 1. The van der Waals surface area contributed by atoms with Crippen molar-refractivity contribution in [2.24, 2.45) is 0 Å². The highest BCUT2D eigenvalue weighted by atomic mass is 19.2. The molecule has 0 aliphatic heterocycles. The topological polar surface area (TPSA) is 92.7 Å². The summed E-state index contributed by atoms with van der Waals surface area (Å²) < 4.78 is 27.9. The minimum atomic E-state index is -0.995. The van der Waals surface area contributed by atoms with Gasteiger partial charge >= 0.3 is 0 Å². The Hall–Kier alpha value is -4.40. The highest BCUT2D eigenvalue weighted by Gasteiger charge is 2.18. The van der Waals surface area contributed by atoms with Crippen molar-refractivity contribution in [1.82, 2.24) is 24.8 Å². The summed E-state index contributed by atoms with van der Waals surface area (Å²) in [6.45, 7) is 0.105. The largest absolute Gasteiger partial charge is 0.345 e. The van der Waals surface area contributed by atoms with E-state index in [-0.39, 0.29) is 18.7 Å². The predicted octanol–water partition coefficient (Wildman–Crippen LogP) is 3.21. The summed E-state index contributed by atoms with van der Waals surface area (Å²) in [7, 11) is 0. The van der Waals surface area contributed by atoms with Crippen LogP contribution >= 0.6 is 0 Å². The van der Waals surface area contributed by atoms with E-state index in [0.717, 1.165) is 41.1 Å². The van der Waals surface area contributed by atoms with Crippen molar-refractivity contribution < 1.29 is 13.6 Å². The van der Waals surface area contributed by atoms with E-state index >= 15 is 0 Å². The number of hydrogen-bond acceptors (Lipinski definition) is 4. The van der Waals surface area contributed by atoms with Gasteiger partial charge in [0.1, 0.15) is 11.4 Å². The second kappa shape index (κ2) is 8.86. The van der Waals surface area contributed by atoms with E-state index in [9.17, 15) is 18.4 Å². The van der Waals surface area contributed by atoms with Crippen molar-refractivity contribution in [3.8, 4) is 0 Å². The van der Waals surface area contributed by atoms with Gasteiger partial charge in [-0.3, -0.25) is 14.6 Å². The standard InChI is InChI=1S/C25H19F2N5O2/c26-19-7-5-15(11-20(19)27)14-32-10-2-4-18(25(32)34)24(33)30-13-23-29-12-22(31-23)17-6-8-21-16(17)3-1-9-28-21/h1-7,9-12H,8,13-14H2,(H,29,31)(H,30,33). The fraction of sp³-hybridized carbons (Fsp3) is 0.120. The van der Waals surface area contributed by atoms with Crippen LogP contribution in [-0.4, -0.2) is 25.4 Å². The molecule has 0 radical (unpaired) electrons. The number of fused-ring (bicyclic) bond motifs is 1. The first kappa shape index (κ1) is 21.4. The Morgan fingerprint density at radius 1 is 1.12 bits per heavy atom. The third kappa shape index (κ3) is 4.15. The number of carbonyl (C=O) groups is 1. The molecular weight excluding hydrogens is 440 g/mol. The van der Waals surface area contributed by atoms with Gasteiger partial charge in [-0.2, -0.15) is 0 Å². The molecule has 0 bridgehead atoms. The summed E-state index contributed by atoms with van der Waals surface area (Å²) in [5.74, 6) is -1.97. The molecule has 1 aliphatic carbocycles. The zero-order valence-electron chi connectivity index (χ0n) is 17.9. The number of nitrogens with one attached hydrogen (secondary N) is 2. The molecule has 34 heavy (non-hydrogen) atoms. The van der Waals surface area contributed by atoms with Crippen LogP contribution in [0.1, 0.15) is 38.7 Å². The Bertz CT molecular complexity index is 1490. The summed E-state index contributed by atoms with van der Waals surface area (Å²) in [5.41, 5.74) is 3.69. The fourth-order valence-electron chi connectivity index (χ4n) is 3.93. The molecule has 2 N–H and O–H groups in total. The SMILES string of the molecule is O=C(NCc1ncc(C2=CCc3ncccc32)[nH]1)c1cccn(Cc2ccc(F)c(F)c2)c1=O. The van der Waals surface area contributed by atoms with Crippen LogP contribution in [-0.2, 0) is 19.5 Å².